The van der Waals surface area contributed by atoms with Crippen molar-refractivity contribution in [3.8, 4) is 11.3 Å². The van der Waals surface area contributed by atoms with Crippen LogP contribution in [0.1, 0.15) is 10.4 Å². The van der Waals surface area contributed by atoms with E-state index in [1.807, 2.05) is 30.3 Å². The van der Waals surface area contributed by atoms with Crippen LogP contribution in [0.5, 0.6) is 0 Å². The minimum absolute atomic E-state index is 0.0256. The predicted molar refractivity (Wildman–Crippen MR) is 89.3 cm³/mol. The molecule has 24 heavy (non-hydrogen) atoms. The van der Waals surface area contributed by atoms with Gasteiger partial charge in [-0.2, -0.15) is 0 Å². The lowest BCUT2D eigenvalue weighted by Crippen LogP contribution is -2.48. The Bertz CT molecular complexity index is 924. The Kier molecular flexibility index (Phi) is 3.55. The monoisotopic (exact) mass is 321 g/mol. The fraction of sp³-hybridized carbons (Fsp3) is 0.176. The molecule has 1 amide bonds. The molecule has 1 aliphatic rings. The van der Waals surface area contributed by atoms with Crippen molar-refractivity contribution < 1.29 is 9.53 Å². The van der Waals surface area contributed by atoms with Gasteiger partial charge >= 0.3 is 0 Å². The van der Waals surface area contributed by atoms with Crippen LogP contribution < -0.4 is 11.1 Å². The molecular formula is C17H15N5O2. The summed E-state index contributed by atoms with van der Waals surface area (Å²) in [5, 5.41) is 3.86. The van der Waals surface area contributed by atoms with E-state index in [0.717, 1.165) is 16.5 Å². The van der Waals surface area contributed by atoms with E-state index < -0.39 is 0 Å². The summed E-state index contributed by atoms with van der Waals surface area (Å²) < 4.78 is 5.08. The number of nitrogens with one attached hydrogen (secondary N) is 1. The highest BCUT2D eigenvalue weighted by molar-refractivity contribution is 6.00. The molecular weight excluding hydrogens is 306 g/mol. The molecule has 120 valence electrons. The maximum Gasteiger partial charge on any atom is 0.255 e. The van der Waals surface area contributed by atoms with E-state index in [1.165, 1.54) is 6.20 Å². The molecule has 0 bridgehead atoms. The van der Waals surface area contributed by atoms with Gasteiger partial charge in [0.05, 0.1) is 36.0 Å². The molecule has 1 fully saturated rings. The van der Waals surface area contributed by atoms with Crippen LogP contribution in [0.25, 0.3) is 22.2 Å². The number of nitrogen functional groups attached to an aromatic ring is 1. The number of pyridine rings is 1. The number of ether oxygens (including phenoxy) is 1. The molecule has 2 aromatic heterocycles. The average molecular weight is 321 g/mol. The van der Waals surface area contributed by atoms with Crippen LogP contribution in [0.3, 0.4) is 0 Å². The number of rotatable bonds is 3. The molecule has 0 radical (unpaired) electrons. The number of amides is 1. The summed E-state index contributed by atoms with van der Waals surface area (Å²) in [4.78, 5) is 25.1. The number of carbonyl (C=O) groups is 1. The summed E-state index contributed by atoms with van der Waals surface area (Å²) >= 11 is 0. The minimum atomic E-state index is -0.244. The van der Waals surface area contributed by atoms with Gasteiger partial charge in [0.15, 0.2) is 0 Å². The molecule has 1 aliphatic heterocycles. The molecule has 1 saturated heterocycles. The number of nitrogens with zero attached hydrogens (tertiary/aromatic N) is 3. The summed E-state index contributed by atoms with van der Waals surface area (Å²) in [5.41, 5.74) is 8.16. The zero-order chi connectivity index (χ0) is 16.5. The quantitative estimate of drug-likeness (QED) is 0.756. The lowest BCUT2D eigenvalue weighted by molar-refractivity contribution is -0.00346. The Morgan fingerprint density at radius 3 is 2.83 bits per heavy atom. The van der Waals surface area contributed by atoms with Crippen molar-refractivity contribution in [1.29, 1.82) is 0 Å². The van der Waals surface area contributed by atoms with Crippen LogP contribution >= 0.6 is 0 Å². The van der Waals surface area contributed by atoms with E-state index in [-0.39, 0.29) is 17.9 Å². The highest BCUT2D eigenvalue weighted by Gasteiger charge is 2.23. The van der Waals surface area contributed by atoms with Gasteiger partial charge < -0.3 is 15.8 Å². The largest absolute Gasteiger partial charge is 0.377 e. The molecule has 4 rings (SSSR count). The summed E-state index contributed by atoms with van der Waals surface area (Å²) in [6, 6.07) is 9.72. The van der Waals surface area contributed by atoms with Crippen molar-refractivity contribution in [2.75, 3.05) is 18.9 Å². The number of carbonyl (C=O) groups excluding carboxylic acids is 1. The molecule has 0 spiro atoms. The summed E-state index contributed by atoms with van der Waals surface area (Å²) in [6.45, 7) is 1.04. The normalized spacial score (nSPS) is 14.3. The van der Waals surface area contributed by atoms with Crippen molar-refractivity contribution in [1.82, 2.24) is 20.3 Å². The molecule has 3 aromatic rings. The Morgan fingerprint density at radius 1 is 1.21 bits per heavy atom. The van der Waals surface area contributed by atoms with Crippen molar-refractivity contribution in [2.45, 2.75) is 6.04 Å². The molecule has 7 nitrogen and oxygen atoms in total. The van der Waals surface area contributed by atoms with Gasteiger partial charge in [0.25, 0.3) is 5.91 Å². The first kappa shape index (κ1) is 14.5. The summed E-state index contributed by atoms with van der Waals surface area (Å²) in [6.07, 6.45) is 3.13. The third-order valence-corrected chi connectivity index (χ3v) is 3.89. The third kappa shape index (κ3) is 2.65. The molecule has 0 atom stereocenters. The van der Waals surface area contributed by atoms with E-state index in [4.69, 9.17) is 10.5 Å². The summed E-state index contributed by atoms with van der Waals surface area (Å²) in [5.74, 6) is -0.131. The van der Waals surface area contributed by atoms with Gasteiger partial charge in [0.2, 0.25) is 5.95 Å². The molecule has 0 saturated carbocycles. The fourth-order valence-electron chi connectivity index (χ4n) is 2.56. The molecule has 7 heteroatoms. The van der Waals surface area contributed by atoms with Crippen molar-refractivity contribution in [3.63, 3.8) is 0 Å². The number of hydrogen-bond donors (Lipinski definition) is 2. The Morgan fingerprint density at radius 2 is 2.04 bits per heavy atom. The standard InChI is InChI=1S/C17H15N5O2/c18-17-20-7-13(16(23)21-12-8-24-9-12)15(22-17)11-5-10-3-1-2-4-14(10)19-6-11/h1-7,12H,8-9H2,(H,21,23)(H2,18,20,22). The second-order valence-corrected chi connectivity index (χ2v) is 5.62. The zero-order valence-corrected chi connectivity index (χ0v) is 12.8. The number of para-hydroxylation sites is 1. The zero-order valence-electron chi connectivity index (χ0n) is 12.8. The first-order chi connectivity index (χ1) is 11.7. The van der Waals surface area contributed by atoms with Crippen molar-refractivity contribution in [3.05, 3.63) is 48.3 Å². The maximum atomic E-state index is 12.5. The lowest BCUT2D eigenvalue weighted by atomic mass is 10.1. The van der Waals surface area contributed by atoms with Crippen LogP contribution in [0.4, 0.5) is 5.95 Å². The number of hydrogen-bond acceptors (Lipinski definition) is 6. The maximum absolute atomic E-state index is 12.5. The Hall–Kier alpha value is -3.06. The molecule has 3 N–H and O–H groups in total. The van der Waals surface area contributed by atoms with Gasteiger partial charge in [-0.3, -0.25) is 9.78 Å². The van der Waals surface area contributed by atoms with E-state index in [1.54, 1.807) is 6.20 Å². The van der Waals surface area contributed by atoms with Crippen LogP contribution in [0.2, 0.25) is 0 Å². The van der Waals surface area contributed by atoms with Gasteiger partial charge in [-0.1, -0.05) is 18.2 Å². The average Bonchev–Trinajstić information content (AvgIpc) is 2.57. The van der Waals surface area contributed by atoms with E-state index in [9.17, 15) is 4.79 Å². The SMILES string of the molecule is Nc1ncc(C(=O)NC2COC2)c(-c2cnc3ccccc3c2)n1. The lowest BCUT2D eigenvalue weighted by Gasteiger charge is -2.27. The smallest absolute Gasteiger partial charge is 0.255 e. The number of fused-ring (bicyclic) bond motifs is 1. The van der Waals surface area contributed by atoms with Crippen LogP contribution in [0, 0.1) is 0 Å². The van der Waals surface area contributed by atoms with E-state index in [2.05, 4.69) is 20.3 Å². The predicted octanol–water partition coefficient (Wildman–Crippen LogP) is 1.40. The first-order valence-electron chi connectivity index (χ1n) is 7.57. The highest BCUT2D eigenvalue weighted by atomic mass is 16.5. The van der Waals surface area contributed by atoms with Crippen molar-refractivity contribution >= 4 is 22.8 Å². The topological polar surface area (TPSA) is 103 Å². The molecule has 3 heterocycles. The van der Waals surface area contributed by atoms with Crippen LogP contribution in [-0.4, -0.2) is 40.1 Å². The third-order valence-electron chi connectivity index (χ3n) is 3.89. The van der Waals surface area contributed by atoms with Crippen LogP contribution in [-0.2, 0) is 4.74 Å². The van der Waals surface area contributed by atoms with Crippen LogP contribution in [0.15, 0.2) is 42.7 Å². The number of nitrogens with two attached hydrogens (primary N) is 1. The Balaban J connectivity index is 1.77. The Labute approximate surface area is 137 Å². The second-order valence-electron chi connectivity index (χ2n) is 5.62. The molecule has 0 unspecified atom stereocenters. The van der Waals surface area contributed by atoms with E-state index >= 15 is 0 Å². The second kappa shape index (κ2) is 5.86. The minimum Gasteiger partial charge on any atom is -0.377 e. The van der Waals surface area contributed by atoms with Crippen molar-refractivity contribution in [2.24, 2.45) is 0 Å². The number of benzene rings is 1. The van der Waals surface area contributed by atoms with E-state index in [0.29, 0.717) is 24.5 Å². The highest BCUT2D eigenvalue weighted by Crippen LogP contribution is 2.24. The van der Waals surface area contributed by atoms with Gasteiger partial charge in [0, 0.05) is 23.3 Å². The fourth-order valence-corrected chi connectivity index (χ4v) is 2.56. The first-order valence-corrected chi connectivity index (χ1v) is 7.57. The molecule has 1 aromatic carbocycles. The molecule has 0 aliphatic carbocycles. The van der Waals surface area contributed by atoms with Gasteiger partial charge in [0.1, 0.15) is 0 Å². The summed E-state index contributed by atoms with van der Waals surface area (Å²) in [7, 11) is 0. The van der Waals surface area contributed by atoms with Gasteiger partial charge in [-0.05, 0) is 12.1 Å². The van der Waals surface area contributed by atoms with Gasteiger partial charge in [-0.25, -0.2) is 9.97 Å². The van der Waals surface area contributed by atoms with Gasteiger partial charge in [-0.15, -0.1) is 0 Å². The number of anilines is 1. The number of aromatic nitrogens is 3.